The molecule has 5 N–H and O–H groups in total. The number of aliphatic hydroxyl groups is 2. The number of aliphatic carboxylic acids is 1. The monoisotopic (exact) mass is 311 g/mol. The highest BCUT2D eigenvalue weighted by Gasteiger charge is 2.48. The molecule has 0 aliphatic carbocycles. The number of anilines is 1. The fourth-order valence-electron chi connectivity index (χ4n) is 2.35. The molecule has 11 heteroatoms. The Kier molecular flexibility index (Phi) is 3.12. The molecule has 4 atom stereocenters. The largest absolute Gasteiger partial charge is 0.479 e. The van der Waals surface area contributed by atoms with Crippen molar-refractivity contribution < 1.29 is 24.9 Å². The summed E-state index contributed by atoms with van der Waals surface area (Å²) < 4.78 is 7.41. The molecule has 0 amide bonds. The quantitative estimate of drug-likeness (QED) is 0.465. The summed E-state index contributed by atoms with van der Waals surface area (Å²) in [6, 6.07) is 0. The van der Waals surface area contributed by atoms with Gasteiger partial charge in [0, 0.05) is 7.05 Å². The van der Waals surface area contributed by atoms with Crippen LogP contribution in [-0.2, 0) is 16.6 Å². The highest BCUT2D eigenvalue weighted by atomic mass is 16.6. The van der Waals surface area contributed by atoms with Gasteiger partial charge in [-0.1, -0.05) is 0 Å². The van der Waals surface area contributed by atoms with Gasteiger partial charge in [-0.25, -0.2) is 14.6 Å². The van der Waals surface area contributed by atoms with Crippen molar-refractivity contribution in [2.45, 2.75) is 24.5 Å². The van der Waals surface area contributed by atoms with E-state index >= 15 is 0 Å². The summed E-state index contributed by atoms with van der Waals surface area (Å²) in [5.41, 5.74) is 5.36. The minimum Gasteiger partial charge on any atom is -0.479 e. The van der Waals surface area contributed by atoms with Gasteiger partial charge in [-0.3, -0.25) is 9.13 Å². The van der Waals surface area contributed by atoms with Gasteiger partial charge in [0.05, 0.1) is 6.33 Å². The van der Waals surface area contributed by atoms with Gasteiger partial charge in [0.15, 0.2) is 18.0 Å². The lowest BCUT2D eigenvalue weighted by Crippen LogP contribution is -2.35. The number of fused-ring (bicyclic) bond motifs is 1. The smallest absolute Gasteiger partial charge is 0.350 e. The Labute approximate surface area is 122 Å². The number of hydrogen-bond acceptors (Lipinski definition) is 8. The van der Waals surface area contributed by atoms with E-state index in [4.69, 9.17) is 15.6 Å². The fourth-order valence-corrected chi connectivity index (χ4v) is 2.35. The molecule has 0 bridgehead atoms. The molecule has 1 fully saturated rings. The summed E-state index contributed by atoms with van der Waals surface area (Å²) in [5, 5.41) is 28.6. The molecule has 1 aliphatic rings. The number of carboxylic acid groups (broad SMARTS) is 1. The normalized spacial score (nSPS) is 28.3. The van der Waals surface area contributed by atoms with Crippen molar-refractivity contribution in [1.29, 1.82) is 0 Å². The molecule has 2 aromatic rings. The van der Waals surface area contributed by atoms with Crippen LogP contribution in [0.5, 0.6) is 0 Å². The average molecular weight is 311 g/mol. The van der Waals surface area contributed by atoms with Crippen LogP contribution in [-0.4, -0.2) is 58.7 Å². The van der Waals surface area contributed by atoms with Crippen molar-refractivity contribution in [2.24, 2.45) is 7.05 Å². The Morgan fingerprint density at radius 1 is 1.41 bits per heavy atom. The van der Waals surface area contributed by atoms with E-state index in [1.807, 2.05) is 0 Å². The summed E-state index contributed by atoms with van der Waals surface area (Å²) in [6.45, 7) is 0. The van der Waals surface area contributed by atoms with Crippen LogP contribution in [0.3, 0.4) is 0 Å². The van der Waals surface area contributed by atoms with Crippen LogP contribution < -0.4 is 11.4 Å². The van der Waals surface area contributed by atoms with Crippen LogP contribution >= 0.6 is 0 Å². The first kappa shape index (κ1) is 14.4. The van der Waals surface area contributed by atoms with Crippen LogP contribution in [0.2, 0.25) is 0 Å². The van der Waals surface area contributed by atoms with Crippen molar-refractivity contribution >= 4 is 23.0 Å². The standard InChI is InChI=1S/C11H13N5O6/c1-15-7(12)3-8(14-11(15)21)16(2-13-3)9-5(18)4(17)6(22-9)10(19)20/h2,4-6,9,17-18H,12H2,1H3,(H,19,20)/t4-,5+,6-,9+/m0/s1. The number of aromatic nitrogens is 4. The second kappa shape index (κ2) is 4.76. The molecule has 3 rings (SSSR count). The zero-order chi connectivity index (χ0) is 16.2. The fraction of sp³-hybridized carbons (Fsp3) is 0.455. The minimum atomic E-state index is -1.62. The molecule has 118 valence electrons. The van der Waals surface area contributed by atoms with E-state index in [0.717, 1.165) is 4.57 Å². The molecule has 1 aliphatic heterocycles. The molecule has 0 unspecified atom stereocenters. The molecule has 0 radical (unpaired) electrons. The molecule has 0 saturated carbocycles. The first-order valence-corrected chi connectivity index (χ1v) is 6.26. The maximum Gasteiger partial charge on any atom is 0.350 e. The van der Waals surface area contributed by atoms with Crippen molar-refractivity contribution in [3.63, 3.8) is 0 Å². The van der Waals surface area contributed by atoms with E-state index in [0.29, 0.717) is 0 Å². The number of hydrogen-bond donors (Lipinski definition) is 4. The van der Waals surface area contributed by atoms with Gasteiger partial charge in [0.2, 0.25) is 0 Å². The highest BCUT2D eigenvalue weighted by molar-refractivity contribution is 5.81. The van der Waals surface area contributed by atoms with Crippen LogP contribution in [0.25, 0.3) is 11.2 Å². The van der Waals surface area contributed by atoms with E-state index in [1.165, 1.54) is 17.9 Å². The zero-order valence-electron chi connectivity index (χ0n) is 11.3. The number of carbonyl (C=O) groups is 1. The van der Waals surface area contributed by atoms with Crippen molar-refractivity contribution in [3.05, 3.63) is 16.8 Å². The molecule has 22 heavy (non-hydrogen) atoms. The van der Waals surface area contributed by atoms with Crippen LogP contribution in [0.15, 0.2) is 11.1 Å². The molecular weight excluding hydrogens is 298 g/mol. The van der Waals surface area contributed by atoms with Crippen molar-refractivity contribution in [2.75, 3.05) is 5.73 Å². The summed E-state index contributed by atoms with van der Waals surface area (Å²) in [7, 11) is 1.42. The third-order valence-corrected chi connectivity index (χ3v) is 3.62. The van der Waals surface area contributed by atoms with Crippen LogP contribution in [0.4, 0.5) is 5.82 Å². The Balaban J connectivity index is 2.12. The Morgan fingerprint density at radius 2 is 2.09 bits per heavy atom. The maximum atomic E-state index is 11.7. The first-order valence-electron chi connectivity index (χ1n) is 6.26. The number of rotatable bonds is 2. The lowest BCUT2D eigenvalue weighted by atomic mass is 10.1. The predicted molar refractivity (Wildman–Crippen MR) is 70.7 cm³/mol. The molecule has 1 saturated heterocycles. The minimum absolute atomic E-state index is 0.0305. The van der Waals surface area contributed by atoms with E-state index < -0.39 is 36.2 Å². The Bertz CT molecular complexity index is 813. The summed E-state index contributed by atoms with van der Waals surface area (Å²) in [6.07, 6.45) is -4.78. The van der Waals surface area contributed by atoms with Gasteiger partial charge in [0.25, 0.3) is 0 Å². The Hall–Kier alpha value is -2.50. The molecule has 2 aromatic heterocycles. The number of ether oxygens (including phenoxy) is 1. The summed E-state index contributed by atoms with van der Waals surface area (Å²) in [5.74, 6) is -1.35. The van der Waals surface area contributed by atoms with E-state index in [1.54, 1.807) is 0 Å². The van der Waals surface area contributed by atoms with Crippen LogP contribution in [0, 0.1) is 0 Å². The second-order valence-corrected chi connectivity index (χ2v) is 4.93. The number of nitrogens with zero attached hydrogens (tertiary/aromatic N) is 4. The van der Waals surface area contributed by atoms with E-state index in [9.17, 15) is 19.8 Å². The zero-order valence-corrected chi connectivity index (χ0v) is 11.3. The van der Waals surface area contributed by atoms with E-state index in [2.05, 4.69) is 9.97 Å². The third kappa shape index (κ3) is 1.87. The number of imidazole rings is 1. The van der Waals surface area contributed by atoms with Crippen molar-refractivity contribution in [3.8, 4) is 0 Å². The Morgan fingerprint density at radius 3 is 2.68 bits per heavy atom. The maximum absolute atomic E-state index is 11.7. The predicted octanol–water partition coefficient (Wildman–Crippen LogP) is -2.58. The second-order valence-electron chi connectivity index (χ2n) is 4.93. The third-order valence-electron chi connectivity index (χ3n) is 3.62. The number of nitrogens with two attached hydrogens (primary N) is 1. The number of carboxylic acids is 1. The lowest BCUT2D eigenvalue weighted by Gasteiger charge is -2.16. The molecular formula is C11H13N5O6. The number of aliphatic hydroxyl groups excluding tert-OH is 2. The summed E-state index contributed by atoms with van der Waals surface area (Å²) in [4.78, 5) is 30.5. The molecule has 3 heterocycles. The SMILES string of the molecule is Cn1c(N)c2ncn([C@@H]3O[C@H](C(=O)O)[C@@H](O)[C@H]3O)c2nc1=O. The molecule has 0 spiro atoms. The van der Waals surface area contributed by atoms with Gasteiger partial charge in [0.1, 0.15) is 23.5 Å². The topological polar surface area (TPSA) is 166 Å². The van der Waals surface area contributed by atoms with E-state index in [-0.39, 0.29) is 17.0 Å². The number of nitrogen functional groups attached to an aromatic ring is 1. The summed E-state index contributed by atoms with van der Waals surface area (Å²) >= 11 is 0. The molecule has 0 aromatic carbocycles. The van der Waals surface area contributed by atoms with Crippen LogP contribution in [0.1, 0.15) is 6.23 Å². The van der Waals surface area contributed by atoms with Gasteiger partial charge >= 0.3 is 11.7 Å². The van der Waals surface area contributed by atoms with Crippen molar-refractivity contribution in [1.82, 2.24) is 19.1 Å². The lowest BCUT2D eigenvalue weighted by molar-refractivity contribution is -0.155. The first-order chi connectivity index (χ1) is 10.3. The average Bonchev–Trinajstić information content (AvgIpc) is 2.99. The highest BCUT2D eigenvalue weighted by Crippen LogP contribution is 2.31. The molecule has 11 nitrogen and oxygen atoms in total. The van der Waals surface area contributed by atoms with Gasteiger partial charge in [-0.05, 0) is 0 Å². The van der Waals surface area contributed by atoms with Gasteiger partial charge in [-0.2, -0.15) is 4.98 Å². The van der Waals surface area contributed by atoms with Gasteiger partial charge in [-0.15, -0.1) is 0 Å². The van der Waals surface area contributed by atoms with Gasteiger partial charge < -0.3 is 25.8 Å².